The van der Waals surface area contributed by atoms with E-state index in [0.29, 0.717) is 5.82 Å². The van der Waals surface area contributed by atoms with Gasteiger partial charge in [-0.05, 0) is 12.2 Å². The van der Waals surface area contributed by atoms with Gasteiger partial charge in [-0.2, -0.15) is 10.1 Å². The first kappa shape index (κ1) is 7.23. The van der Waals surface area contributed by atoms with E-state index < -0.39 is 0 Å². The number of nitrogens with zero attached hydrogens (tertiary/aromatic N) is 3. The summed E-state index contributed by atoms with van der Waals surface area (Å²) >= 11 is 4.70. The monoisotopic (exact) mass is 182 g/mol. The summed E-state index contributed by atoms with van der Waals surface area (Å²) in [5.74, 6) is 0.605. The molecular weight excluding hydrogens is 176 g/mol. The standard InChI is InChI=1S/C6H6N4OS/c1-10-3-4(2-7-10)5-8-6(12)11-9-5/h2-3H,1H3,(H,8,9,12). The van der Waals surface area contributed by atoms with Crippen LogP contribution in [0.3, 0.4) is 0 Å². The zero-order valence-corrected chi connectivity index (χ0v) is 7.13. The predicted octanol–water partition coefficient (Wildman–Crippen LogP) is 1.13. The molecule has 1 N–H and O–H groups in total. The van der Waals surface area contributed by atoms with Gasteiger partial charge in [-0.25, -0.2) is 5.16 Å². The van der Waals surface area contributed by atoms with E-state index >= 15 is 0 Å². The van der Waals surface area contributed by atoms with Gasteiger partial charge in [0.15, 0.2) is 5.82 Å². The Balaban J connectivity index is 2.50. The molecule has 0 saturated heterocycles. The number of hydrogen-bond acceptors (Lipinski definition) is 4. The van der Waals surface area contributed by atoms with E-state index in [4.69, 9.17) is 16.7 Å². The predicted molar refractivity (Wildman–Crippen MR) is 43.9 cm³/mol. The number of aromatic amines is 1. The Morgan fingerprint density at radius 1 is 1.67 bits per heavy atom. The van der Waals surface area contributed by atoms with E-state index in [9.17, 15) is 0 Å². The molecule has 12 heavy (non-hydrogen) atoms. The average Bonchev–Trinajstić information content (AvgIpc) is 2.58. The minimum absolute atomic E-state index is 0.203. The second-order valence-corrected chi connectivity index (χ2v) is 2.68. The summed E-state index contributed by atoms with van der Waals surface area (Å²) in [7, 11) is 1.83. The molecule has 0 aliphatic rings. The summed E-state index contributed by atoms with van der Waals surface area (Å²) in [6.45, 7) is 0. The van der Waals surface area contributed by atoms with Crippen LogP contribution in [0.5, 0.6) is 0 Å². The van der Waals surface area contributed by atoms with Crippen LogP contribution in [0.1, 0.15) is 0 Å². The molecule has 0 bridgehead atoms. The van der Waals surface area contributed by atoms with Crippen LogP contribution in [0.15, 0.2) is 16.9 Å². The highest BCUT2D eigenvalue weighted by Gasteiger charge is 2.03. The van der Waals surface area contributed by atoms with Crippen molar-refractivity contribution in [3.63, 3.8) is 0 Å². The molecule has 2 aromatic rings. The van der Waals surface area contributed by atoms with Crippen molar-refractivity contribution in [2.45, 2.75) is 0 Å². The van der Waals surface area contributed by atoms with Gasteiger partial charge in [0.05, 0.1) is 11.8 Å². The van der Waals surface area contributed by atoms with Crippen molar-refractivity contribution in [3.8, 4) is 11.4 Å². The van der Waals surface area contributed by atoms with Crippen LogP contribution < -0.4 is 0 Å². The summed E-state index contributed by atoms with van der Waals surface area (Å²) in [6.07, 6.45) is 3.51. The van der Waals surface area contributed by atoms with Crippen LogP contribution in [0, 0.1) is 4.84 Å². The highest BCUT2D eigenvalue weighted by Crippen LogP contribution is 2.11. The fourth-order valence-electron chi connectivity index (χ4n) is 0.896. The lowest BCUT2D eigenvalue weighted by Gasteiger charge is -1.83. The van der Waals surface area contributed by atoms with Crippen LogP contribution in [-0.4, -0.2) is 19.9 Å². The Hall–Kier alpha value is -1.43. The Kier molecular flexibility index (Phi) is 1.54. The van der Waals surface area contributed by atoms with Gasteiger partial charge < -0.3 is 4.52 Å². The van der Waals surface area contributed by atoms with Gasteiger partial charge in [-0.1, -0.05) is 0 Å². The quantitative estimate of drug-likeness (QED) is 0.672. The lowest BCUT2D eigenvalue weighted by molar-refractivity contribution is 0.406. The molecule has 0 aromatic carbocycles. The molecule has 2 rings (SSSR count). The SMILES string of the molecule is Cn1cc(-c2nc(=S)o[nH]2)cn1. The maximum Gasteiger partial charge on any atom is 0.314 e. The minimum Gasteiger partial charge on any atom is -0.348 e. The number of nitrogens with one attached hydrogen (secondary N) is 1. The van der Waals surface area contributed by atoms with Gasteiger partial charge in [0.1, 0.15) is 0 Å². The molecule has 2 heterocycles. The van der Waals surface area contributed by atoms with Gasteiger partial charge in [0.2, 0.25) is 0 Å². The first-order valence-electron chi connectivity index (χ1n) is 3.30. The van der Waals surface area contributed by atoms with Gasteiger partial charge in [0.25, 0.3) is 0 Å². The van der Waals surface area contributed by atoms with Crippen molar-refractivity contribution in [2.75, 3.05) is 0 Å². The summed E-state index contributed by atoms with van der Waals surface area (Å²) in [6, 6.07) is 0. The molecule has 5 nitrogen and oxygen atoms in total. The number of aryl methyl sites for hydroxylation is 1. The van der Waals surface area contributed by atoms with Crippen molar-refractivity contribution >= 4 is 12.2 Å². The number of aromatic nitrogens is 4. The summed E-state index contributed by atoms with van der Waals surface area (Å²) < 4.78 is 6.45. The normalized spacial score (nSPS) is 10.4. The third-order valence-electron chi connectivity index (χ3n) is 1.42. The van der Waals surface area contributed by atoms with E-state index in [1.807, 2.05) is 13.2 Å². The van der Waals surface area contributed by atoms with Crippen molar-refractivity contribution in [2.24, 2.45) is 7.05 Å². The van der Waals surface area contributed by atoms with Gasteiger partial charge >= 0.3 is 4.84 Å². The Labute approximate surface area is 73.0 Å². The van der Waals surface area contributed by atoms with Crippen LogP contribution >= 0.6 is 12.2 Å². The lowest BCUT2D eigenvalue weighted by atomic mass is 10.3. The molecule has 0 radical (unpaired) electrons. The molecule has 0 spiro atoms. The summed E-state index contributed by atoms with van der Waals surface area (Å²) in [5, 5.41) is 6.57. The van der Waals surface area contributed by atoms with Gasteiger partial charge in [-0.3, -0.25) is 4.68 Å². The maximum atomic E-state index is 4.77. The van der Waals surface area contributed by atoms with E-state index in [2.05, 4.69) is 15.2 Å². The molecule has 0 unspecified atom stereocenters. The van der Waals surface area contributed by atoms with Crippen molar-refractivity contribution in [3.05, 3.63) is 17.2 Å². The molecule has 0 saturated carbocycles. The smallest absolute Gasteiger partial charge is 0.314 e. The molecule has 0 aliphatic carbocycles. The maximum absolute atomic E-state index is 4.77. The van der Waals surface area contributed by atoms with Gasteiger partial charge in [0, 0.05) is 13.2 Å². The van der Waals surface area contributed by atoms with Crippen molar-refractivity contribution in [1.29, 1.82) is 0 Å². The van der Waals surface area contributed by atoms with Crippen LogP contribution in [0.4, 0.5) is 0 Å². The first-order chi connectivity index (χ1) is 5.75. The topological polar surface area (TPSA) is 59.6 Å². The molecule has 0 atom stereocenters. The zero-order chi connectivity index (χ0) is 8.55. The molecule has 6 heteroatoms. The average molecular weight is 182 g/mol. The third kappa shape index (κ3) is 1.16. The Morgan fingerprint density at radius 2 is 2.50 bits per heavy atom. The highest BCUT2D eigenvalue weighted by atomic mass is 32.1. The van der Waals surface area contributed by atoms with Crippen molar-refractivity contribution < 1.29 is 4.52 Å². The Morgan fingerprint density at radius 3 is 3.00 bits per heavy atom. The number of hydrogen-bond donors (Lipinski definition) is 1. The number of H-pyrrole nitrogens is 1. The van der Waals surface area contributed by atoms with Crippen LogP contribution in [0.25, 0.3) is 11.4 Å². The molecular formula is C6H6N4OS. The largest absolute Gasteiger partial charge is 0.348 e. The molecule has 0 fully saturated rings. The van der Waals surface area contributed by atoms with Crippen LogP contribution in [-0.2, 0) is 7.05 Å². The zero-order valence-electron chi connectivity index (χ0n) is 6.31. The molecule has 2 aromatic heterocycles. The number of rotatable bonds is 1. The van der Waals surface area contributed by atoms with Gasteiger partial charge in [-0.15, -0.1) is 0 Å². The summed E-state index contributed by atoms with van der Waals surface area (Å²) in [5.41, 5.74) is 0.859. The van der Waals surface area contributed by atoms with Crippen molar-refractivity contribution in [1.82, 2.24) is 19.9 Å². The molecule has 0 amide bonds. The van der Waals surface area contributed by atoms with E-state index in [1.165, 1.54) is 0 Å². The second kappa shape index (κ2) is 2.56. The molecule has 62 valence electrons. The second-order valence-electron chi connectivity index (χ2n) is 2.33. The summed E-state index contributed by atoms with van der Waals surface area (Å²) in [4.78, 5) is 4.14. The highest BCUT2D eigenvalue weighted by molar-refractivity contribution is 7.71. The van der Waals surface area contributed by atoms with Crippen LogP contribution in [0.2, 0.25) is 0 Å². The molecule has 0 aliphatic heterocycles. The fraction of sp³-hybridized carbons (Fsp3) is 0.167. The third-order valence-corrected chi connectivity index (χ3v) is 1.59. The fourth-order valence-corrected chi connectivity index (χ4v) is 1.03. The first-order valence-corrected chi connectivity index (χ1v) is 3.71. The lowest BCUT2D eigenvalue weighted by Crippen LogP contribution is -1.84. The van der Waals surface area contributed by atoms with E-state index in [1.54, 1.807) is 10.9 Å². The van der Waals surface area contributed by atoms with E-state index in [-0.39, 0.29) is 4.84 Å². The van der Waals surface area contributed by atoms with E-state index in [0.717, 1.165) is 5.56 Å². The minimum atomic E-state index is 0.203. The Bertz CT molecular complexity index is 440.